The number of carbonyl (C=O) groups excluding carboxylic acids is 1. The van der Waals surface area contributed by atoms with E-state index in [-0.39, 0.29) is 5.91 Å². The summed E-state index contributed by atoms with van der Waals surface area (Å²) in [5.74, 6) is 0.441. The van der Waals surface area contributed by atoms with Gasteiger partial charge in [-0.3, -0.25) is 4.79 Å². The Morgan fingerprint density at radius 3 is 2.80 bits per heavy atom. The SMILES string of the molecule is CCOc1ccccc1NC(=O)[C@H](C)N. The van der Waals surface area contributed by atoms with E-state index in [9.17, 15) is 4.79 Å². The van der Waals surface area contributed by atoms with Gasteiger partial charge >= 0.3 is 0 Å². The van der Waals surface area contributed by atoms with E-state index in [1.807, 2.05) is 19.1 Å². The predicted molar refractivity (Wildman–Crippen MR) is 59.9 cm³/mol. The second-order valence-electron chi connectivity index (χ2n) is 3.21. The zero-order valence-corrected chi connectivity index (χ0v) is 8.99. The van der Waals surface area contributed by atoms with Gasteiger partial charge in [0.15, 0.2) is 0 Å². The van der Waals surface area contributed by atoms with Crippen LogP contribution in [0.4, 0.5) is 5.69 Å². The van der Waals surface area contributed by atoms with E-state index in [4.69, 9.17) is 10.5 Å². The van der Waals surface area contributed by atoms with E-state index in [2.05, 4.69) is 5.32 Å². The minimum Gasteiger partial charge on any atom is -0.492 e. The van der Waals surface area contributed by atoms with Gasteiger partial charge in [0.05, 0.1) is 18.3 Å². The Morgan fingerprint density at radius 1 is 1.53 bits per heavy atom. The lowest BCUT2D eigenvalue weighted by atomic mass is 10.2. The van der Waals surface area contributed by atoms with Gasteiger partial charge in [-0.15, -0.1) is 0 Å². The minimum absolute atomic E-state index is 0.220. The summed E-state index contributed by atoms with van der Waals surface area (Å²) in [7, 11) is 0. The molecule has 1 rings (SSSR count). The molecule has 1 aromatic rings. The number of benzene rings is 1. The first kappa shape index (κ1) is 11.5. The van der Waals surface area contributed by atoms with E-state index >= 15 is 0 Å². The van der Waals surface area contributed by atoms with Crippen molar-refractivity contribution in [1.82, 2.24) is 0 Å². The van der Waals surface area contributed by atoms with Crippen LogP contribution in [0.5, 0.6) is 5.75 Å². The van der Waals surface area contributed by atoms with Crippen LogP contribution in [0.15, 0.2) is 24.3 Å². The van der Waals surface area contributed by atoms with Gasteiger partial charge in [0.2, 0.25) is 5.91 Å². The van der Waals surface area contributed by atoms with Gasteiger partial charge in [0.1, 0.15) is 5.75 Å². The van der Waals surface area contributed by atoms with E-state index in [1.54, 1.807) is 19.1 Å². The zero-order valence-electron chi connectivity index (χ0n) is 8.99. The Morgan fingerprint density at radius 2 is 2.20 bits per heavy atom. The summed E-state index contributed by atoms with van der Waals surface area (Å²) in [6, 6.07) is 6.75. The average Bonchev–Trinajstić information content (AvgIpc) is 2.21. The molecule has 0 radical (unpaired) electrons. The molecule has 0 aliphatic rings. The summed E-state index contributed by atoms with van der Waals surface area (Å²) in [5, 5.41) is 2.71. The average molecular weight is 208 g/mol. The van der Waals surface area contributed by atoms with Gasteiger partial charge in [-0.1, -0.05) is 12.1 Å². The highest BCUT2D eigenvalue weighted by atomic mass is 16.5. The number of ether oxygens (including phenoxy) is 1. The van der Waals surface area contributed by atoms with Gasteiger partial charge < -0.3 is 15.8 Å². The maximum Gasteiger partial charge on any atom is 0.241 e. The third kappa shape index (κ3) is 3.25. The molecular formula is C11H16N2O2. The smallest absolute Gasteiger partial charge is 0.241 e. The topological polar surface area (TPSA) is 64.3 Å². The van der Waals surface area contributed by atoms with Crippen LogP contribution in [0.2, 0.25) is 0 Å². The molecule has 0 aliphatic heterocycles. The molecule has 0 bridgehead atoms. The quantitative estimate of drug-likeness (QED) is 0.785. The number of hydrogen-bond acceptors (Lipinski definition) is 3. The molecule has 0 saturated heterocycles. The fourth-order valence-electron chi connectivity index (χ4n) is 1.10. The van der Waals surface area contributed by atoms with E-state index in [1.165, 1.54) is 0 Å². The second-order valence-corrected chi connectivity index (χ2v) is 3.21. The number of nitrogens with two attached hydrogens (primary N) is 1. The molecule has 0 saturated carbocycles. The predicted octanol–water partition coefficient (Wildman–Crippen LogP) is 1.37. The minimum atomic E-state index is -0.528. The van der Waals surface area contributed by atoms with Crippen molar-refractivity contribution in [1.29, 1.82) is 0 Å². The monoisotopic (exact) mass is 208 g/mol. The van der Waals surface area contributed by atoms with Crippen LogP contribution < -0.4 is 15.8 Å². The van der Waals surface area contributed by atoms with Gasteiger partial charge in [0, 0.05) is 0 Å². The lowest BCUT2D eigenvalue weighted by molar-refractivity contribution is -0.117. The molecule has 82 valence electrons. The van der Waals surface area contributed by atoms with E-state index in [0.29, 0.717) is 18.0 Å². The van der Waals surface area contributed by atoms with Gasteiger partial charge in [0.25, 0.3) is 0 Å². The third-order valence-electron chi connectivity index (χ3n) is 1.86. The Balaban J connectivity index is 2.79. The Bertz CT molecular complexity index is 337. The van der Waals surface area contributed by atoms with Crippen LogP contribution in [-0.2, 0) is 4.79 Å². The van der Waals surface area contributed by atoms with Gasteiger partial charge in [-0.05, 0) is 26.0 Å². The van der Waals surface area contributed by atoms with Crippen LogP contribution in [-0.4, -0.2) is 18.6 Å². The third-order valence-corrected chi connectivity index (χ3v) is 1.86. The molecule has 0 aliphatic carbocycles. The van der Waals surface area contributed by atoms with Crippen molar-refractivity contribution in [3.63, 3.8) is 0 Å². The first-order valence-corrected chi connectivity index (χ1v) is 4.93. The normalized spacial score (nSPS) is 11.9. The fourth-order valence-corrected chi connectivity index (χ4v) is 1.10. The van der Waals surface area contributed by atoms with Crippen molar-refractivity contribution in [3.05, 3.63) is 24.3 Å². The number of amides is 1. The van der Waals surface area contributed by atoms with E-state index < -0.39 is 6.04 Å². The lowest BCUT2D eigenvalue weighted by Gasteiger charge is -2.12. The van der Waals surface area contributed by atoms with Crippen molar-refractivity contribution in [2.24, 2.45) is 5.73 Å². The number of anilines is 1. The van der Waals surface area contributed by atoms with Crippen LogP contribution in [0, 0.1) is 0 Å². The molecule has 4 nitrogen and oxygen atoms in total. The van der Waals surface area contributed by atoms with Crippen LogP contribution in [0.3, 0.4) is 0 Å². The van der Waals surface area contributed by atoms with Crippen LogP contribution in [0.1, 0.15) is 13.8 Å². The molecule has 0 aromatic heterocycles. The van der Waals surface area contributed by atoms with Crippen molar-refractivity contribution >= 4 is 11.6 Å². The molecule has 1 aromatic carbocycles. The van der Waals surface area contributed by atoms with Crippen molar-refractivity contribution in [3.8, 4) is 5.75 Å². The molecular weight excluding hydrogens is 192 g/mol. The fraction of sp³-hybridized carbons (Fsp3) is 0.364. The highest BCUT2D eigenvalue weighted by Crippen LogP contribution is 2.23. The highest BCUT2D eigenvalue weighted by molar-refractivity contribution is 5.95. The van der Waals surface area contributed by atoms with Crippen molar-refractivity contribution in [2.75, 3.05) is 11.9 Å². The highest BCUT2D eigenvalue weighted by Gasteiger charge is 2.10. The number of nitrogens with one attached hydrogen (secondary N) is 1. The standard InChI is InChI=1S/C11H16N2O2/c1-3-15-10-7-5-4-6-9(10)13-11(14)8(2)12/h4-8H,3,12H2,1-2H3,(H,13,14)/t8-/m0/s1. The Hall–Kier alpha value is -1.55. The first-order valence-electron chi connectivity index (χ1n) is 4.93. The molecule has 0 unspecified atom stereocenters. The first-order chi connectivity index (χ1) is 7.15. The van der Waals surface area contributed by atoms with Crippen molar-refractivity contribution < 1.29 is 9.53 Å². The summed E-state index contributed by atoms with van der Waals surface area (Å²) < 4.78 is 5.36. The number of para-hydroxylation sites is 2. The summed E-state index contributed by atoms with van der Waals surface area (Å²) >= 11 is 0. The summed E-state index contributed by atoms with van der Waals surface area (Å²) in [6.07, 6.45) is 0. The molecule has 0 spiro atoms. The van der Waals surface area contributed by atoms with Gasteiger partial charge in [-0.25, -0.2) is 0 Å². The molecule has 4 heteroatoms. The Kier molecular flexibility index (Phi) is 4.12. The van der Waals surface area contributed by atoms with E-state index in [0.717, 1.165) is 0 Å². The second kappa shape index (κ2) is 5.36. The van der Waals surface area contributed by atoms with Crippen LogP contribution in [0.25, 0.3) is 0 Å². The molecule has 0 fully saturated rings. The number of hydrogen-bond donors (Lipinski definition) is 2. The molecule has 3 N–H and O–H groups in total. The molecule has 0 heterocycles. The maximum absolute atomic E-state index is 11.4. The summed E-state index contributed by atoms with van der Waals surface area (Å²) in [4.78, 5) is 11.4. The zero-order chi connectivity index (χ0) is 11.3. The number of rotatable bonds is 4. The van der Waals surface area contributed by atoms with Gasteiger partial charge in [-0.2, -0.15) is 0 Å². The lowest BCUT2D eigenvalue weighted by Crippen LogP contribution is -2.32. The van der Waals surface area contributed by atoms with Crippen LogP contribution >= 0.6 is 0 Å². The summed E-state index contributed by atoms with van der Waals surface area (Å²) in [5.41, 5.74) is 6.11. The molecule has 1 amide bonds. The molecule has 15 heavy (non-hydrogen) atoms. The Labute approximate surface area is 89.4 Å². The largest absolute Gasteiger partial charge is 0.492 e. The van der Waals surface area contributed by atoms with Crippen molar-refractivity contribution in [2.45, 2.75) is 19.9 Å². The summed E-state index contributed by atoms with van der Waals surface area (Å²) in [6.45, 7) is 4.09. The number of carbonyl (C=O) groups is 1. The molecule has 1 atom stereocenters. The maximum atomic E-state index is 11.4.